The molecule has 2 aliphatic rings. The van der Waals surface area contributed by atoms with Crippen LogP contribution in [0.2, 0.25) is 0 Å². The lowest BCUT2D eigenvalue weighted by molar-refractivity contribution is 0.0377. The van der Waals surface area contributed by atoms with E-state index in [2.05, 4.69) is 50.5 Å². The van der Waals surface area contributed by atoms with Crippen molar-refractivity contribution in [3.63, 3.8) is 0 Å². The average molecular weight is 519 g/mol. The van der Waals surface area contributed by atoms with Crippen LogP contribution in [0.4, 0.5) is 16.3 Å². The lowest BCUT2D eigenvalue weighted by Crippen LogP contribution is -2.52. The normalized spacial score (nSPS) is 14.8. The Morgan fingerprint density at radius 1 is 1.13 bits per heavy atom. The van der Waals surface area contributed by atoms with Crippen LogP contribution >= 0.6 is 0 Å². The van der Waals surface area contributed by atoms with Gasteiger partial charge in [0, 0.05) is 17.3 Å². The first-order valence-corrected chi connectivity index (χ1v) is 13.2. The molecule has 2 N–H and O–H groups in total. The fourth-order valence-electron chi connectivity index (χ4n) is 5.43. The Bertz CT molecular complexity index is 1600. The van der Waals surface area contributed by atoms with E-state index in [1.807, 2.05) is 57.2 Å². The van der Waals surface area contributed by atoms with Gasteiger partial charge in [-0.15, -0.1) is 0 Å². The van der Waals surface area contributed by atoms with Crippen molar-refractivity contribution in [2.75, 3.05) is 5.32 Å². The average Bonchev–Trinajstić information content (AvgIpc) is 3.18. The molecule has 2 aromatic carbocycles. The van der Waals surface area contributed by atoms with Crippen LogP contribution in [-0.4, -0.2) is 26.2 Å². The number of fused-ring (bicyclic) bond motifs is 5. The second-order valence-electron chi connectivity index (χ2n) is 11.1. The molecular formula is C31H30N6O2. The highest BCUT2D eigenvalue weighted by atomic mass is 16.6. The molecule has 3 heterocycles. The minimum absolute atomic E-state index is 0.173. The van der Waals surface area contributed by atoms with Crippen LogP contribution < -0.4 is 10.6 Å². The van der Waals surface area contributed by atoms with Crippen molar-refractivity contribution in [3.8, 4) is 34.4 Å². The molecule has 1 aliphatic carbocycles. The summed E-state index contributed by atoms with van der Waals surface area (Å²) in [6, 6.07) is 22.4. The number of ether oxygens (including phenoxy) is 1. The smallest absolute Gasteiger partial charge is 0.408 e. The highest BCUT2D eigenvalue weighted by molar-refractivity contribution is 5.86. The first-order valence-electron chi connectivity index (χ1n) is 13.2. The molecule has 0 atom stereocenters. The zero-order valence-electron chi connectivity index (χ0n) is 22.3. The Balaban J connectivity index is 1.45. The summed E-state index contributed by atoms with van der Waals surface area (Å²) in [6.45, 7) is 5.59. The van der Waals surface area contributed by atoms with Crippen molar-refractivity contribution < 1.29 is 9.53 Å². The van der Waals surface area contributed by atoms with E-state index in [9.17, 15) is 10.1 Å². The number of imidazole rings is 1. The predicted octanol–water partition coefficient (Wildman–Crippen LogP) is 6.63. The van der Waals surface area contributed by atoms with Crippen molar-refractivity contribution in [2.45, 2.75) is 57.6 Å². The maximum absolute atomic E-state index is 12.6. The van der Waals surface area contributed by atoms with E-state index in [4.69, 9.17) is 9.72 Å². The highest BCUT2D eigenvalue weighted by Crippen LogP contribution is 2.44. The molecule has 0 saturated heterocycles. The number of hydrogen-bond acceptors (Lipinski definition) is 6. The molecule has 0 unspecified atom stereocenters. The number of hydrogen-bond donors (Lipinski definition) is 2. The maximum atomic E-state index is 12.6. The van der Waals surface area contributed by atoms with Crippen LogP contribution in [-0.2, 0) is 16.7 Å². The number of para-hydroxylation sites is 1. The van der Waals surface area contributed by atoms with Crippen LogP contribution in [0.15, 0.2) is 66.9 Å². The molecule has 39 heavy (non-hydrogen) atoms. The summed E-state index contributed by atoms with van der Waals surface area (Å²) in [5.74, 6) is 1.48. The molecule has 0 radical (unpaired) electrons. The monoisotopic (exact) mass is 518 g/mol. The van der Waals surface area contributed by atoms with Crippen molar-refractivity contribution in [1.82, 2.24) is 19.9 Å². The van der Waals surface area contributed by atoms with Crippen LogP contribution in [0, 0.1) is 11.3 Å². The third-order valence-corrected chi connectivity index (χ3v) is 7.30. The number of rotatable bonds is 4. The van der Waals surface area contributed by atoms with Gasteiger partial charge in [0.1, 0.15) is 11.4 Å². The number of nitrogens with one attached hydrogen (secondary N) is 2. The fraction of sp³-hybridized carbons (Fsp3) is 0.290. The van der Waals surface area contributed by atoms with Gasteiger partial charge in [-0.1, -0.05) is 36.4 Å². The summed E-state index contributed by atoms with van der Waals surface area (Å²) in [4.78, 5) is 22.2. The van der Waals surface area contributed by atoms with Crippen molar-refractivity contribution in [1.29, 1.82) is 5.26 Å². The summed E-state index contributed by atoms with van der Waals surface area (Å²) < 4.78 is 7.65. The minimum atomic E-state index is -0.561. The van der Waals surface area contributed by atoms with Gasteiger partial charge >= 0.3 is 6.09 Å². The first kappa shape index (κ1) is 24.7. The summed E-state index contributed by atoms with van der Waals surface area (Å²) in [7, 11) is 0. The van der Waals surface area contributed by atoms with Gasteiger partial charge in [-0.3, -0.25) is 4.57 Å². The van der Waals surface area contributed by atoms with Crippen LogP contribution in [0.25, 0.3) is 28.3 Å². The summed E-state index contributed by atoms with van der Waals surface area (Å²) in [5, 5.41) is 16.3. The quantitative estimate of drug-likeness (QED) is 0.277. The van der Waals surface area contributed by atoms with E-state index in [1.165, 1.54) is 0 Å². The van der Waals surface area contributed by atoms with Crippen molar-refractivity contribution in [2.24, 2.45) is 0 Å². The number of nitrogens with zero attached hydrogens (tertiary/aromatic N) is 4. The van der Waals surface area contributed by atoms with E-state index in [-0.39, 0.29) is 6.42 Å². The molecule has 1 fully saturated rings. The third-order valence-electron chi connectivity index (χ3n) is 7.30. The Morgan fingerprint density at radius 3 is 2.59 bits per heavy atom. The zero-order valence-corrected chi connectivity index (χ0v) is 22.3. The largest absolute Gasteiger partial charge is 0.444 e. The highest BCUT2D eigenvalue weighted by Gasteiger charge is 2.41. The summed E-state index contributed by atoms with van der Waals surface area (Å²) in [6.07, 6.45) is 4.28. The Kier molecular flexibility index (Phi) is 5.87. The van der Waals surface area contributed by atoms with Crippen LogP contribution in [0.1, 0.15) is 51.3 Å². The van der Waals surface area contributed by atoms with Gasteiger partial charge in [0.15, 0.2) is 5.82 Å². The summed E-state index contributed by atoms with van der Waals surface area (Å²) >= 11 is 0. The Hall–Kier alpha value is -4.64. The SMILES string of the molecule is CC(C)(C)OC(=O)NC1(c2ccc(-c3c(CC#N)nc4n3-c3cccnc3Nc3ccccc3-4)cc2)CCC1. The van der Waals surface area contributed by atoms with Crippen molar-refractivity contribution in [3.05, 3.63) is 78.1 Å². The number of aromatic nitrogens is 3. The Labute approximate surface area is 227 Å². The molecule has 6 rings (SSSR count). The van der Waals surface area contributed by atoms with Crippen molar-refractivity contribution >= 4 is 17.6 Å². The summed E-state index contributed by atoms with van der Waals surface area (Å²) in [5.41, 5.74) is 5.24. The lowest BCUT2D eigenvalue weighted by Gasteiger charge is -2.43. The van der Waals surface area contributed by atoms with E-state index in [0.29, 0.717) is 5.69 Å². The number of nitriles is 1. The van der Waals surface area contributed by atoms with Gasteiger partial charge in [-0.25, -0.2) is 14.8 Å². The first-order chi connectivity index (χ1) is 18.8. The van der Waals surface area contributed by atoms with Gasteiger partial charge in [-0.05, 0) is 69.9 Å². The van der Waals surface area contributed by atoms with E-state index in [0.717, 1.165) is 64.7 Å². The fourth-order valence-corrected chi connectivity index (χ4v) is 5.43. The molecule has 8 heteroatoms. The molecule has 0 bridgehead atoms. The molecule has 196 valence electrons. The molecule has 1 aliphatic heterocycles. The molecule has 8 nitrogen and oxygen atoms in total. The van der Waals surface area contributed by atoms with Gasteiger partial charge in [0.25, 0.3) is 0 Å². The third kappa shape index (κ3) is 4.40. The van der Waals surface area contributed by atoms with E-state index >= 15 is 0 Å². The number of carbonyl (C=O) groups is 1. The van der Waals surface area contributed by atoms with Crippen LogP contribution in [0.3, 0.4) is 0 Å². The number of carbonyl (C=O) groups excluding carboxylic acids is 1. The molecule has 4 aromatic rings. The molecule has 1 amide bonds. The zero-order chi connectivity index (χ0) is 27.2. The molecule has 1 saturated carbocycles. The minimum Gasteiger partial charge on any atom is -0.444 e. The van der Waals surface area contributed by atoms with Gasteiger partial charge < -0.3 is 15.4 Å². The number of pyridine rings is 1. The van der Waals surface area contributed by atoms with Gasteiger partial charge in [-0.2, -0.15) is 5.26 Å². The maximum Gasteiger partial charge on any atom is 0.408 e. The standard InChI is InChI=1S/C31H30N6O2/c1-30(2,3)39-29(38)36-31(16-7-17-31)21-13-11-20(12-14-21)26-24(15-18-32)35-28-22-8-4-5-9-23(22)34-27-25(37(26)28)10-6-19-33-27/h4-6,8-14,19H,7,15-17H2,1-3H3,(H,33,34)(H,36,38). The second kappa shape index (κ2) is 9.28. The molecule has 2 aromatic heterocycles. The number of benzene rings is 2. The van der Waals surface area contributed by atoms with E-state index < -0.39 is 17.2 Å². The van der Waals surface area contributed by atoms with E-state index in [1.54, 1.807) is 6.20 Å². The number of anilines is 2. The molecule has 0 spiro atoms. The van der Waals surface area contributed by atoms with Gasteiger partial charge in [0.05, 0.1) is 40.8 Å². The topological polar surface area (TPSA) is 105 Å². The Morgan fingerprint density at radius 2 is 1.90 bits per heavy atom. The predicted molar refractivity (Wildman–Crippen MR) is 150 cm³/mol. The van der Waals surface area contributed by atoms with Crippen LogP contribution in [0.5, 0.6) is 0 Å². The number of amides is 1. The van der Waals surface area contributed by atoms with Gasteiger partial charge in [0.2, 0.25) is 0 Å². The second-order valence-corrected chi connectivity index (χ2v) is 11.1. The molecular weight excluding hydrogens is 488 g/mol. The number of alkyl carbamates (subject to hydrolysis) is 1. The lowest BCUT2D eigenvalue weighted by atomic mass is 9.71.